The van der Waals surface area contributed by atoms with Gasteiger partial charge in [-0.1, -0.05) is 5.16 Å². The monoisotopic (exact) mass is 350 g/mol. The van der Waals surface area contributed by atoms with Crippen molar-refractivity contribution in [1.82, 2.24) is 15.0 Å². The van der Waals surface area contributed by atoms with Gasteiger partial charge in [0.05, 0.1) is 18.0 Å². The summed E-state index contributed by atoms with van der Waals surface area (Å²) in [7, 11) is -1.57. The van der Waals surface area contributed by atoms with Gasteiger partial charge in [0.15, 0.2) is 5.82 Å². The van der Waals surface area contributed by atoms with E-state index in [1.165, 1.54) is 9.21 Å². The summed E-state index contributed by atoms with van der Waals surface area (Å²) in [4.78, 5) is 18.0. The van der Waals surface area contributed by atoms with Crippen molar-refractivity contribution in [1.29, 1.82) is 0 Å². The molecule has 1 aromatic heterocycles. The summed E-state index contributed by atoms with van der Waals surface area (Å²) in [6.45, 7) is 2.40. The normalized spacial score (nSPS) is 16.3. The van der Waals surface area contributed by atoms with Crippen molar-refractivity contribution in [3.63, 3.8) is 0 Å². The Hall–Kier alpha value is -2.42. The minimum Gasteiger partial charge on any atom is -0.340 e. The zero-order valence-corrected chi connectivity index (χ0v) is 14.3. The minimum absolute atomic E-state index is 0.167. The topological polar surface area (TPSA) is 96.6 Å². The summed E-state index contributed by atoms with van der Waals surface area (Å²) >= 11 is 0. The third kappa shape index (κ3) is 3.25. The molecular weight excluding hydrogens is 332 g/mol. The molecule has 1 saturated heterocycles. The molecule has 9 heteroatoms. The Labute approximate surface area is 140 Å². The Balaban J connectivity index is 1.71. The van der Waals surface area contributed by atoms with Gasteiger partial charge in [0.25, 0.3) is 5.91 Å². The molecule has 128 valence electrons. The van der Waals surface area contributed by atoms with Gasteiger partial charge in [0.2, 0.25) is 15.9 Å². The molecule has 1 aliphatic rings. The van der Waals surface area contributed by atoms with Crippen LogP contribution in [0.25, 0.3) is 0 Å². The lowest BCUT2D eigenvalue weighted by atomic mass is 10.2. The van der Waals surface area contributed by atoms with Crippen molar-refractivity contribution in [3.8, 4) is 0 Å². The number of carbonyl (C=O) groups excluding carboxylic acids is 1. The highest BCUT2D eigenvalue weighted by molar-refractivity contribution is 7.93. The van der Waals surface area contributed by atoms with Crippen LogP contribution in [0.2, 0.25) is 0 Å². The highest BCUT2D eigenvalue weighted by Crippen LogP contribution is 2.24. The second kappa shape index (κ2) is 6.23. The van der Waals surface area contributed by atoms with Gasteiger partial charge in [-0.25, -0.2) is 8.42 Å². The predicted octanol–water partition coefficient (Wildman–Crippen LogP) is 1.19. The summed E-state index contributed by atoms with van der Waals surface area (Å²) in [5.41, 5.74) is 1.05. The first-order valence-electron chi connectivity index (χ1n) is 7.52. The van der Waals surface area contributed by atoms with Gasteiger partial charge in [-0.05, 0) is 30.7 Å². The molecule has 3 rings (SSSR count). The predicted molar refractivity (Wildman–Crippen MR) is 87.0 cm³/mol. The molecule has 2 aromatic rings. The number of aryl methyl sites for hydroxylation is 1. The number of carbonyl (C=O) groups is 1. The van der Waals surface area contributed by atoms with E-state index >= 15 is 0 Å². The van der Waals surface area contributed by atoms with E-state index in [4.69, 9.17) is 4.52 Å². The van der Waals surface area contributed by atoms with Crippen LogP contribution in [-0.2, 0) is 16.6 Å². The number of amides is 1. The summed E-state index contributed by atoms with van der Waals surface area (Å²) < 4.78 is 30.1. The Bertz CT molecular complexity index is 845. The van der Waals surface area contributed by atoms with Crippen LogP contribution >= 0.6 is 0 Å². The fourth-order valence-electron chi connectivity index (χ4n) is 2.61. The zero-order chi connectivity index (χ0) is 17.3. The number of rotatable bonds is 4. The van der Waals surface area contributed by atoms with E-state index in [2.05, 4.69) is 10.1 Å². The fraction of sp³-hybridized carbons (Fsp3) is 0.400. The average molecular weight is 350 g/mol. The number of benzene rings is 1. The Morgan fingerprint density at radius 1 is 1.33 bits per heavy atom. The van der Waals surface area contributed by atoms with E-state index in [-0.39, 0.29) is 18.2 Å². The molecule has 0 aliphatic carbocycles. The van der Waals surface area contributed by atoms with Gasteiger partial charge in [0, 0.05) is 26.1 Å². The Morgan fingerprint density at radius 2 is 2.04 bits per heavy atom. The van der Waals surface area contributed by atoms with E-state index in [0.29, 0.717) is 35.9 Å². The zero-order valence-electron chi connectivity index (χ0n) is 13.5. The molecule has 8 nitrogen and oxygen atoms in total. The van der Waals surface area contributed by atoms with Gasteiger partial charge >= 0.3 is 0 Å². The number of anilines is 1. The van der Waals surface area contributed by atoms with Crippen LogP contribution < -0.4 is 4.31 Å². The Morgan fingerprint density at radius 3 is 2.58 bits per heavy atom. The molecule has 0 radical (unpaired) electrons. The van der Waals surface area contributed by atoms with Crippen LogP contribution in [-0.4, -0.2) is 48.7 Å². The molecule has 0 unspecified atom stereocenters. The summed E-state index contributed by atoms with van der Waals surface area (Å²) in [5, 5.41) is 3.76. The lowest BCUT2D eigenvalue weighted by Gasteiger charge is -2.18. The molecule has 0 saturated carbocycles. The van der Waals surface area contributed by atoms with Crippen LogP contribution in [0.5, 0.6) is 0 Å². The van der Waals surface area contributed by atoms with E-state index < -0.39 is 10.0 Å². The largest absolute Gasteiger partial charge is 0.340 e. The van der Waals surface area contributed by atoms with Crippen molar-refractivity contribution >= 4 is 21.6 Å². The van der Waals surface area contributed by atoms with E-state index in [0.717, 1.165) is 0 Å². The van der Waals surface area contributed by atoms with Crippen LogP contribution in [0.1, 0.15) is 28.5 Å². The van der Waals surface area contributed by atoms with Gasteiger partial charge < -0.3 is 9.42 Å². The third-order valence-corrected chi connectivity index (χ3v) is 5.67. The molecule has 0 atom stereocenters. The first kappa shape index (κ1) is 16.4. The molecular formula is C15H18N4O4S. The highest BCUT2D eigenvalue weighted by Gasteiger charge is 2.28. The second-order valence-electron chi connectivity index (χ2n) is 5.68. The lowest BCUT2D eigenvalue weighted by Crippen LogP contribution is -2.27. The van der Waals surface area contributed by atoms with E-state index in [1.807, 2.05) is 0 Å². The number of nitrogens with zero attached hydrogens (tertiary/aromatic N) is 4. The van der Waals surface area contributed by atoms with Crippen molar-refractivity contribution in [2.75, 3.05) is 23.7 Å². The number of aromatic nitrogens is 2. The lowest BCUT2D eigenvalue weighted by molar-refractivity contribution is 0.0780. The Kier molecular flexibility index (Phi) is 4.27. The van der Waals surface area contributed by atoms with Crippen molar-refractivity contribution < 1.29 is 17.7 Å². The quantitative estimate of drug-likeness (QED) is 0.822. The standard InChI is InChI=1S/C15H18N4O4S/c1-11-16-14(17-23-11)10-18(2)15(20)12-4-6-13(7-5-12)19-8-3-9-24(19,21)22/h4-7H,3,8-10H2,1-2H3. The maximum atomic E-state index is 12.4. The molecule has 0 spiro atoms. The minimum atomic E-state index is -3.22. The number of hydrogen-bond acceptors (Lipinski definition) is 6. The fourth-order valence-corrected chi connectivity index (χ4v) is 4.17. The summed E-state index contributed by atoms with van der Waals surface area (Å²) in [5.74, 6) is 0.846. The molecule has 0 bridgehead atoms. The smallest absolute Gasteiger partial charge is 0.254 e. The van der Waals surface area contributed by atoms with Crippen molar-refractivity contribution in [2.24, 2.45) is 0 Å². The van der Waals surface area contributed by atoms with E-state index in [9.17, 15) is 13.2 Å². The van der Waals surface area contributed by atoms with Gasteiger partial charge in [-0.3, -0.25) is 9.10 Å². The molecule has 1 amide bonds. The number of sulfonamides is 1. The molecule has 24 heavy (non-hydrogen) atoms. The SMILES string of the molecule is Cc1nc(CN(C)C(=O)c2ccc(N3CCCS3(=O)=O)cc2)no1. The maximum absolute atomic E-state index is 12.4. The highest BCUT2D eigenvalue weighted by atomic mass is 32.2. The van der Waals surface area contributed by atoms with Gasteiger partial charge in [-0.2, -0.15) is 4.98 Å². The molecule has 2 heterocycles. The molecule has 1 aliphatic heterocycles. The van der Waals surface area contributed by atoms with Crippen LogP contribution in [0.15, 0.2) is 28.8 Å². The number of hydrogen-bond donors (Lipinski definition) is 0. The molecule has 1 aromatic carbocycles. The van der Waals surface area contributed by atoms with Crippen LogP contribution in [0.4, 0.5) is 5.69 Å². The first-order valence-corrected chi connectivity index (χ1v) is 9.13. The van der Waals surface area contributed by atoms with Gasteiger partial charge in [-0.15, -0.1) is 0 Å². The summed E-state index contributed by atoms with van der Waals surface area (Å²) in [6.07, 6.45) is 0.621. The molecule has 1 fully saturated rings. The second-order valence-corrected chi connectivity index (χ2v) is 7.69. The van der Waals surface area contributed by atoms with E-state index in [1.54, 1.807) is 38.2 Å². The van der Waals surface area contributed by atoms with Crippen LogP contribution in [0, 0.1) is 6.92 Å². The van der Waals surface area contributed by atoms with Crippen molar-refractivity contribution in [3.05, 3.63) is 41.5 Å². The average Bonchev–Trinajstić information content (AvgIpc) is 3.11. The first-order chi connectivity index (χ1) is 11.4. The maximum Gasteiger partial charge on any atom is 0.254 e. The van der Waals surface area contributed by atoms with Crippen LogP contribution in [0.3, 0.4) is 0 Å². The third-order valence-electron chi connectivity index (χ3n) is 3.80. The van der Waals surface area contributed by atoms with Gasteiger partial charge in [0.1, 0.15) is 0 Å². The molecule has 0 N–H and O–H groups in total. The summed E-state index contributed by atoms with van der Waals surface area (Å²) in [6, 6.07) is 6.57. The van der Waals surface area contributed by atoms with Crippen molar-refractivity contribution in [2.45, 2.75) is 19.9 Å².